The number of aliphatic hydroxyl groups is 1. The van der Waals surface area contributed by atoms with E-state index in [0.717, 1.165) is 42.3 Å². The van der Waals surface area contributed by atoms with Crippen LogP contribution in [0.5, 0.6) is 17.2 Å². The van der Waals surface area contributed by atoms with Crippen molar-refractivity contribution in [1.29, 1.82) is 0 Å². The van der Waals surface area contributed by atoms with Gasteiger partial charge in [-0.1, -0.05) is 39.8 Å². The highest BCUT2D eigenvalue weighted by Gasteiger charge is 2.08. The highest BCUT2D eigenvalue weighted by Crippen LogP contribution is 2.30. The van der Waals surface area contributed by atoms with Crippen LogP contribution in [0.2, 0.25) is 0 Å². The van der Waals surface area contributed by atoms with Crippen LogP contribution in [0.1, 0.15) is 50.8 Å². The maximum Gasteiger partial charge on any atom is 0.133 e. The number of phenols is 1. The van der Waals surface area contributed by atoms with Crippen molar-refractivity contribution in [2.45, 2.75) is 54.4 Å². The predicted octanol–water partition coefficient (Wildman–Crippen LogP) is 5.59. The summed E-state index contributed by atoms with van der Waals surface area (Å²) < 4.78 is 5.87. The van der Waals surface area contributed by atoms with Crippen LogP contribution in [0.4, 0.5) is 0 Å². The lowest BCUT2D eigenvalue weighted by molar-refractivity contribution is -0.107. The molecule has 4 nitrogen and oxygen atoms in total. The molecular formula is C22H34O4. The Hall–Kier alpha value is -2.33. The van der Waals surface area contributed by atoms with Gasteiger partial charge < -0.3 is 19.7 Å². The molecule has 0 fully saturated rings. The Bertz CT molecular complexity index is 581. The molecule has 0 aliphatic carbocycles. The lowest BCUT2D eigenvalue weighted by Crippen LogP contribution is -1.95. The van der Waals surface area contributed by atoms with Crippen molar-refractivity contribution in [3.8, 4) is 17.2 Å². The minimum atomic E-state index is 0.218. The van der Waals surface area contributed by atoms with Crippen LogP contribution in [0, 0.1) is 13.8 Å². The smallest absolute Gasteiger partial charge is 0.133 e. The fraction of sp³-hybridized carbons (Fsp3) is 0.409. The molecular weight excluding hydrogens is 328 g/mol. The van der Waals surface area contributed by atoms with E-state index in [9.17, 15) is 9.90 Å². The van der Waals surface area contributed by atoms with E-state index in [2.05, 4.69) is 0 Å². The van der Waals surface area contributed by atoms with Gasteiger partial charge in [0.15, 0.2) is 0 Å². The van der Waals surface area contributed by atoms with Crippen LogP contribution < -0.4 is 4.74 Å². The zero-order chi connectivity index (χ0) is 20.5. The Balaban J connectivity index is 0. The number of carbonyl (C=O) groups is 1. The molecule has 0 amide bonds. The van der Waals surface area contributed by atoms with Crippen molar-refractivity contribution in [3.63, 3.8) is 0 Å². The van der Waals surface area contributed by atoms with Crippen LogP contribution in [0.3, 0.4) is 0 Å². The fourth-order valence-corrected chi connectivity index (χ4v) is 2.20. The van der Waals surface area contributed by atoms with Gasteiger partial charge in [0, 0.05) is 13.5 Å². The third-order valence-corrected chi connectivity index (χ3v) is 3.13. The van der Waals surface area contributed by atoms with E-state index in [-0.39, 0.29) is 5.75 Å². The lowest BCUT2D eigenvalue weighted by atomic mass is 10.0. The standard InChI is InChI=1S/C17H18O3.2C2H6.CH4O/c1-12-10-14(4-3-9-18)11-13(2)17(12)20-16-7-5-15(19)6-8-16;3*1-2/h5-11,19H,3-4H2,1-2H3;2*1-2H3;2H,1H3. The average molecular weight is 363 g/mol. The molecule has 0 spiro atoms. The number of aldehydes is 1. The van der Waals surface area contributed by atoms with E-state index < -0.39 is 0 Å². The Morgan fingerprint density at radius 2 is 1.38 bits per heavy atom. The second kappa shape index (κ2) is 16.2. The number of carbonyl (C=O) groups excluding carboxylic acids is 1. The highest BCUT2D eigenvalue weighted by atomic mass is 16.5. The maximum atomic E-state index is 10.4. The van der Waals surface area contributed by atoms with Gasteiger partial charge in [0.2, 0.25) is 0 Å². The first-order valence-electron chi connectivity index (χ1n) is 9.05. The van der Waals surface area contributed by atoms with E-state index in [1.165, 1.54) is 0 Å². The van der Waals surface area contributed by atoms with Crippen molar-refractivity contribution in [3.05, 3.63) is 53.1 Å². The van der Waals surface area contributed by atoms with E-state index in [4.69, 9.17) is 9.84 Å². The van der Waals surface area contributed by atoms with Crippen molar-refractivity contribution in [2.24, 2.45) is 0 Å². The molecule has 2 N–H and O–H groups in total. The molecule has 0 aromatic heterocycles. The molecule has 0 aliphatic rings. The third kappa shape index (κ3) is 9.23. The van der Waals surface area contributed by atoms with Gasteiger partial charge in [-0.2, -0.15) is 0 Å². The van der Waals surface area contributed by atoms with Crippen LogP contribution in [0.25, 0.3) is 0 Å². The summed E-state index contributed by atoms with van der Waals surface area (Å²) in [4.78, 5) is 10.4. The van der Waals surface area contributed by atoms with Crippen molar-refractivity contribution >= 4 is 6.29 Å². The summed E-state index contributed by atoms with van der Waals surface area (Å²) >= 11 is 0. The number of benzene rings is 2. The summed E-state index contributed by atoms with van der Waals surface area (Å²) in [6, 6.07) is 10.7. The minimum absolute atomic E-state index is 0.218. The number of hydrogen-bond donors (Lipinski definition) is 2. The molecule has 0 saturated heterocycles. The largest absolute Gasteiger partial charge is 0.508 e. The molecule has 146 valence electrons. The van der Waals surface area contributed by atoms with Gasteiger partial charge in [-0.3, -0.25) is 0 Å². The molecule has 4 heteroatoms. The van der Waals surface area contributed by atoms with Crippen LogP contribution >= 0.6 is 0 Å². The van der Waals surface area contributed by atoms with Crippen molar-refractivity contribution in [1.82, 2.24) is 0 Å². The zero-order valence-corrected chi connectivity index (χ0v) is 17.2. The number of aryl methyl sites for hydroxylation is 3. The molecule has 0 aliphatic heterocycles. The number of phenolic OH excluding ortho intramolecular Hbond substituents is 1. The summed E-state index contributed by atoms with van der Waals surface area (Å²) in [7, 11) is 1.00. The van der Waals surface area contributed by atoms with Gasteiger partial charge >= 0.3 is 0 Å². The third-order valence-electron chi connectivity index (χ3n) is 3.13. The summed E-state index contributed by atoms with van der Waals surface area (Å²) in [5.74, 6) is 1.73. The lowest BCUT2D eigenvalue weighted by Gasteiger charge is -2.13. The molecule has 0 saturated carbocycles. The van der Waals surface area contributed by atoms with Gasteiger partial charge in [0.25, 0.3) is 0 Å². The van der Waals surface area contributed by atoms with E-state index in [0.29, 0.717) is 12.2 Å². The topological polar surface area (TPSA) is 66.8 Å². The Kier molecular flexibility index (Phi) is 16.1. The second-order valence-electron chi connectivity index (χ2n) is 4.86. The first-order valence-corrected chi connectivity index (χ1v) is 9.05. The Labute approximate surface area is 158 Å². The predicted molar refractivity (Wildman–Crippen MR) is 109 cm³/mol. The molecule has 2 rings (SSSR count). The highest BCUT2D eigenvalue weighted by molar-refractivity contribution is 5.51. The molecule has 0 heterocycles. The molecule has 0 atom stereocenters. The number of aliphatic hydroxyl groups excluding tert-OH is 1. The first-order chi connectivity index (χ1) is 12.6. The minimum Gasteiger partial charge on any atom is -0.508 e. The van der Waals surface area contributed by atoms with Crippen LogP contribution in [-0.4, -0.2) is 23.6 Å². The van der Waals surface area contributed by atoms with Gasteiger partial charge in [-0.15, -0.1) is 0 Å². The van der Waals surface area contributed by atoms with Gasteiger partial charge in [-0.25, -0.2) is 0 Å². The van der Waals surface area contributed by atoms with Crippen molar-refractivity contribution in [2.75, 3.05) is 7.11 Å². The quantitative estimate of drug-likeness (QED) is 0.680. The second-order valence-corrected chi connectivity index (χ2v) is 4.86. The van der Waals surface area contributed by atoms with Gasteiger partial charge in [-0.05, 0) is 61.2 Å². The molecule has 0 bridgehead atoms. The molecule has 0 unspecified atom stereocenters. The molecule has 2 aromatic rings. The number of ether oxygens (including phenoxy) is 1. The van der Waals surface area contributed by atoms with Crippen LogP contribution in [0.15, 0.2) is 36.4 Å². The maximum absolute atomic E-state index is 10.4. The van der Waals surface area contributed by atoms with Crippen LogP contribution in [-0.2, 0) is 11.2 Å². The van der Waals surface area contributed by atoms with E-state index in [1.54, 1.807) is 24.3 Å². The summed E-state index contributed by atoms with van der Waals surface area (Å²) in [6.45, 7) is 12.0. The fourth-order valence-electron chi connectivity index (χ4n) is 2.20. The number of rotatable bonds is 5. The first kappa shape index (κ1) is 25.9. The SMILES string of the molecule is CC.CC.CO.Cc1cc(CCC=O)cc(C)c1Oc1ccc(O)cc1. The average Bonchev–Trinajstić information content (AvgIpc) is 2.69. The van der Waals surface area contributed by atoms with E-state index in [1.807, 2.05) is 53.7 Å². The Morgan fingerprint density at radius 1 is 0.923 bits per heavy atom. The molecule has 2 aromatic carbocycles. The monoisotopic (exact) mass is 362 g/mol. The molecule has 0 radical (unpaired) electrons. The van der Waals surface area contributed by atoms with Crippen molar-refractivity contribution < 1.29 is 19.7 Å². The summed E-state index contributed by atoms with van der Waals surface area (Å²) in [5, 5.41) is 16.3. The number of hydrogen-bond acceptors (Lipinski definition) is 4. The van der Waals surface area contributed by atoms with E-state index >= 15 is 0 Å². The summed E-state index contributed by atoms with van der Waals surface area (Å²) in [6.07, 6.45) is 2.23. The van der Waals surface area contributed by atoms with Gasteiger partial charge in [0.05, 0.1) is 0 Å². The summed E-state index contributed by atoms with van der Waals surface area (Å²) in [5.41, 5.74) is 3.23. The molecule has 26 heavy (non-hydrogen) atoms. The Morgan fingerprint density at radius 3 is 1.81 bits per heavy atom. The zero-order valence-electron chi connectivity index (χ0n) is 17.2. The number of aromatic hydroxyl groups is 1. The van der Waals surface area contributed by atoms with Gasteiger partial charge in [0.1, 0.15) is 23.5 Å². The normalized spacial score (nSPS) is 8.62.